The van der Waals surface area contributed by atoms with Gasteiger partial charge in [0.05, 0.1) is 7.11 Å². The molecule has 33 heavy (non-hydrogen) atoms. The predicted molar refractivity (Wildman–Crippen MR) is 126 cm³/mol. The molecule has 164 valence electrons. The Morgan fingerprint density at radius 1 is 0.970 bits per heavy atom. The van der Waals surface area contributed by atoms with Gasteiger partial charge in [0, 0.05) is 22.4 Å². The number of hydrogen-bond acceptors (Lipinski definition) is 6. The third-order valence-electron chi connectivity index (χ3n) is 5.13. The van der Waals surface area contributed by atoms with Crippen molar-refractivity contribution in [3.8, 4) is 11.5 Å². The molecule has 1 aliphatic rings. The molecule has 0 spiro atoms. The molecule has 7 heteroatoms. The number of anilines is 1. The van der Waals surface area contributed by atoms with Gasteiger partial charge in [0.25, 0.3) is 0 Å². The minimum absolute atomic E-state index is 0.00125. The van der Waals surface area contributed by atoms with E-state index in [1.807, 2.05) is 0 Å². The molecule has 0 heterocycles. The van der Waals surface area contributed by atoms with Crippen LogP contribution in [0, 0.1) is 0 Å². The van der Waals surface area contributed by atoms with Crippen LogP contribution in [0.2, 0.25) is 0 Å². The van der Waals surface area contributed by atoms with E-state index in [4.69, 9.17) is 16.3 Å². The number of halogens is 1. The van der Waals surface area contributed by atoms with Gasteiger partial charge in [0.1, 0.15) is 10.7 Å². The quantitative estimate of drug-likeness (QED) is 0.387. The summed E-state index contributed by atoms with van der Waals surface area (Å²) in [5.74, 6) is -0.712. The van der Waals surface area contributed by atoms with Gasteiger partial charge in [-0.2, -0.15) is 0 Å². The van der Waals surface area contributed by atoms with Gasteiger partial charge < -0.3 is 15.2 Å². The molecule has 0 unspecified atom stereocenters. The first-order valence-corrected chi connectivity index (χ1v) is 10.3. The Balaban J connectivity index is 1.49. The second kappa shape index (κ2) is 9.14. The lowest BCUT2D eigenvalue weighted by Gasteiger charge is -2.19. The molecule has 3 aromatic carbocycles. The van der Waals surface area contributed by atoms with Gasteiger partial charge in [-0.15, -0.1) is 0 Å². The number of fused-ring (bicyclic) bond motifs is 1. The van der Waals surface area contributed by atoms with Crippen molar-refractivity contribution >= 4 is 40.7 Å². The van der Waals surface area contributed by atoms with Crippen LogP contribution in [0.3, 0.4) is 0 Å². The van der Waals surface area contributed by atoms with Crippen LogP contribution in [0.25, 0.3) is 6.08 Å². The zero-order valence-corrected chi connectivity index (χ0v) is 18.2. The van der Waals surface area contributed by atoms with Crippen molar-refractivity contribution in [2.24, 2.45) is 0 Å². The molecule has 0 aliphatic heterocycles. The third-order valence-corrected chi connectivity index (χ3v) is 5.49. The molecule has 0 bridgehead atoms. The second-order valence-electron chi connectivity index (χ2n) is 7.22. The maximum atomic E-state index is 12.8. The fourth-order valence-electron chi connectivity index (χ4n) is 3.40. The number of allylic oxidation sites excluding steroid dienone is 3. The van der Waals surface area contributed by atoms with Gasteiger partial charge in [0.15, 0.2) is 17.3 Å². The number of hydrogen-bond donors (Lipinski definition) is 2. The van der Waals surface area contributed by atoms with Gasteiger partial charge in [-0.1, -0.05) is 48.0 Å². The predicted octanol–water partition coefficient (Wildman–Crippen LogP) is 5.24. The number of phenols is 1. The van der Waals surface area contributed by atoms with E-state index in [2.05, 4.69) is 5.32 Å². The number of ether oxygens (including phenoxy) is 1. The van der Waals surface area contributed by atoms with Crippen LogP contribution in [0.1, 0.15) is 36.6 Å². The van der Waals surface area contributed by atoms with Gasteiger partial charge in [-0.05, 0) is 48.0 Å². The summed E-state index contributed by atoms with van der Waals surface area (Å²) in [7, 11) is 1.46. The van der Waals surface area contributed by atoms with E-state index in [-0.39, 0.29) is 39.2 Å². The van der Waals surface area contributed by atoms with Gasteiger partial charge in [0.2, 0.25) is 11.6 Å². The molecule has 0 atom stereocenters. The molecule has 0 radical (unpaired) electrons. The first kappa shape index (κ1) is 22.0. The highest BCUT2D eigenvalue weighted by Crippen LogP contribution is 2.30. The Kier molecular flexibility index (Phi) is 6.11. The van der Waals surface area contributed by atoms with Crippen LogP contribution in [0.4, 0.5) is 5.69 Å². The summed E-state index contributed by atoms with van der Waals surface area (Å²) in [4.78, 5) is 37.8. The summed E-state index contributed by atoms with van der Waals surface area (Å²) in [5, 5.41) is 12.6. The van der Waals surface area contributed by atoms with E-state index in [9.17, 15) is 19.5 Å². The summed E-state index contributed by atoms with van der Waals surface area (Å²) in [6.07, 6.45) is 2.98. The molecular formula is C26H18ClNO5. The fraction of sp³-hybridized carbons (Fsp3) is 0.0385. The number of nitrogens with one attached hydrogen (secondary N) is 1. The SMILES string of the molecule is COc1ccc(/C=C/C(=O)c2ccc(NC3=C(Cl)C(=O)c4ccccc4C3=O)cc2)cc1O. The Morgan fingerprint density at radius 2 is 1.64 bits per heavy atom. The number of ketones is 3. The van der Waals surface area contributed by atoms with Crippen molar-refractivity contribution in [3.63, 3.8) is 0 Å². The van der Waals surface area contributed by atoms with Crippen LogP contribution < -0.4 is 10.1 Å². The van der Waals surface area contributed by atoms with Crippen molar-refractivity contribution in [3.05, 3.63) is 106 Å². The van der Waals surface area contributed by atoms with E-state index in [0.717, 1.165) is 0 Å². The topological polar surface area (TPSA) is 92.7 Å². The number of aromatic hydroxyl groups is 1. The smallest absolute Gasteiger partial charge is 0.211 e. The van der Waals surface area contributed by atoms with E-state index < -0.39 is 5.78 Å². The van der Waals surface area contributed by atoms with E-state index in [0.29, 0.717) is 22.6 Å². The minimum Gasteiger partial charge on any atom is -0.504 e. The Bertz CT molecular complexity index is 1340. The molecule has 0 fully saturated rings. The van der Waals surface area contributed by atoms with Crippen LogP contribution in [-0.4, -0.2) is 29.6 Å². The average molecular weight is 460 g/mol. The number of methoxy groups -OCH3 is 1. The molecule has 3 aromatic rings. The molecule has 0 saturated carbocycles. The summed E-state index contributed by atoms with van der Waals surface area (Å²) in [6.45, 7) is 0. The average Bonchev–Trinajstić information content (AvgIpc) is 2.84. The van der Waals surface area contributed by atoms with Crippen molar-refractivity contribution in [1.82, 2.24) is 0 Å². The van der Waals surface area contributed by atoms with E-state index >= 15 is 0 Å². The Morgan fingerprint density at radius 3 is 2.27 bits per heavy atom. The fourth-order valence-corrected chi connectivity index (χ4v) is 3.63. The number of benzene rings is 3. The molecule has 1 aliphatic carbocycles. The van der Waals surface area contributed by atoms with E-state index in [1.165, 1.54) is 19.3 Å². The standard InChI is InChI=1S/C26H18ClNO5/c1-33-22-13-7-15(14-21(22)30)6-12-20(29)16-8-10-17(11-9-16)28-24-23(27)25(31)18-4-2-3-5-19(18)26(24)32/h2-14,28,30H,1H3/b12-6+. The first-order chi connectivity index (χ1) is 15.9. The number of rotatable bonds is 6. The monoisotopic (exact) mass is 459 g/mol. The van der Waals surface area contributed by atoms with Crippen LogP contribution in [0.5, 0.6) is 11.5 Å². The molecule has 6 nitrogen and oxygen atoms in total. The van der Waals surface area contributed by atoms with Gasteiger partial charge in [-0.25, -0.2) is 0 Å². The summed E-state index contributed by atoms with van der Waals surface area (Å²) < 4.78 is 5.00. The van der Waals surface area contributed by atoms with Crippen LogP contribution >= 0.6 is 11.6 Å². The van der Waals surface area contributed by atoms with Crippen LogP contribution in [-0.2, 0) is 0 Å². The Hall–Kier alpha value is -4.16. The zero-order valence-electron chi connectivity index (χ0n) is 17.5. The largest absolute Gasteiger partial charge is 0.504 e. The molecular weight excluding hydrogens is 442 g/mol. The molecule has 2 N–H and O–H groups in total. The highest BCUT2D eigenvalue weighted by Gasteiger charge is 2.31. The highest BCUT2D eigenvalue weighted by atomic mass is 35.5. The summed E-state index contributed by atoms with van der Waals surface area (Å²) in [5.41, 5.74) is 2.13. The van der Waals surface area contributed by atoms with Crippen LogP contribution in [0.15, 0.2) is 83.5 Å². The zero-order chi connectivity index (χ0) is 23.5. The van der Waals surface area contributed by atoms with Gasteiger partial charge >= 0.3 is 0 Å². The normalized spacial score (nSPS) is 13.3. The Labute approximate surface area is 194 Å². The minimum atomic E-state index is -0.420. The number of Topliss-reactive ketones (excluding diaryl/α,β-unsaturated/α-hetero) is 2. The van der Waals surface area contributed by atoms with Gasteiger partial charge in [-0.3, -0.25) is 14.4 Å². The number of phenolic OH excluding ortho intramolecular Hbond substituents is 1. The highest BCUT2D eigenvalue weighted by molar-refractivity contribution is 6.50. The van der Waals surface area contributed by atoms with Crippen molar-refractivity contribution in [2.45, 2.75) is 0 Å². The maximum absolute atomic E-state index is 12.8. The maximum Gasteiger partial charge on any atom is 0.211 e. The summed E-state index contributed by atoms with van der Waals surface area (Å²) in [6, 6.07) is 17.8. The molecule has 0 saturated heterocycles. The number of carbonyl (C=O) groups is 3. The first-order valence-electron chi connectivity index (χ1n) is 9.93. The number of carbonyl (C=O) groups excluding carboxylic acids is 3. The third kappa shape index (κ3) is 4.42. The van der Waals surface area contributed by atoms with Crippen molar-refractivity contribution < 1.29 is 24.2 Å². The van der Waals surface area contributed by atoms with Crippen molar-refractivity contribution in [1.29, 1.82) is 0 Å². The second-order valence-corrected chi connectivity index (χ2v) is 7.60. The molecule has 0 aromatic heterocycles. The molecule has 0 amide bonds. The summed E-state index contributed by atoms with van der Waals surface area (Å²) >= 11 is 6.17. The lowest BCUT2D eigenvalue weighted by Crippen LogP contribution is -2.24. The molecule has 4 rings (SSSR count). The van der Waals surface area contributed by atoms with E-state index in [1.54, 1.807) is 66.7 Å². The lowest BCUT2D eigenvalue weighted by atomic mass is 9.92. The lowest BCUT2D eigenvalue weighted by molar-refractivity contribution is 0.0982. The van der Waals surface area contributed by atoms with Crippen molar-refractivity contribution in [2.75, 3.05) is 12.4 Å².